The second-order valence-corrected chi connectivity index (χ2v) is 26.7. The maximum absolute atomic E-state index is 15.6. The van der Waals surface area contributed by atoms with Gasteiger partial charge in [-0.3, -0.25) is 4.57 Å². The normalized spacial score (nSPS) is 23.4. The van der Waals surface area contributed by atoms with Crippen LogP contribution in [0.1, 0.15) is 26.3 Å². The number of aromatic nitrogens is 2. The van der Waals surface area contributed by atoms with Gasteiger partial charge in [0, 0.05) is 39.0 Å². The molecule has 6 rings (SSSR count). The number of hydrogen-bond acceptors (Lipinski definition) is 8. The minimum atomic E-state index is -2.04. The van der Waals surface area contributed by atoms with E-state index >= 15 is 8.78 Å². The van der Waals surface area contributed by atoms with E-state index in [9.17, 15) is 0 Å². The number of fused-ring (bicyclic) bond motifs is 2. The Labute approximate surface area is 291 Å². The third-order valence-electron chi connectivity index (χ3n) is 10.4. The van der Waals surface area contributed by atoms with Gasteiger partial charge < -0.3 is 33.0 Å². The van der Waals surface area contributed by atoms with Crippen molar-refractivity contribution in [3.05, 3.63) is 41.5 Å². The van der Waals surface area contributed by atoms with E-state index in [4.69, 9.17) is 33.1 Å². The molecule has 0 amide bonds. The molecule has 9 nitrogen and oxygen atoms in total. The number of nitrogens with zero attached hydrogens (tertiary/aromatic N) is 3. The number of benzene rings is 1. The molecule has 4 atom stereocenters. The van der Waals surface area contributed by atoms with Crippen LogP contribution in [0.15, 0.2) is 24.3 Å². The van der Waals surface area contributed by atoms with Crippen LogP contribution in [0.2, 0.25) is 43.8 Å². The van der Waals surface area contributed by atoms with Gasteiger partial charge in [0.25, 0.3) is 0 Å². The molecule has 0 spiro atoms. The molecule has 13 heteroatoms. The molecule has 5 heterocycles. The molecule has 2 aromatic heterocycles. The first-order chi connectivity index (χ1) is 23.0. The van der Waals surface area contributed by atoms with E-state index in [1.807, 2.05) is 22.5 Å². The zero-order chi connectivity index (χ0) is 35.3. The van der Waals surface area contributed by atoms with Crippen LogP contribution in [0.4, 0.5) is 14.5 Å². The summed E-state index contributed by atoms with van der Waals surface area (Å²) < 4.78 is 70.8. The molecule has 49 heavy (non-hydrogen) atoms. The van der Waals surface area contributed by atoms with E-state index in [0.29, 0.717) is 63.2 Å². The summed E-state index contributed by atoms with van der Waals surface area (Å²) in [7, 11) is -3.35. The van der Waals surface area contributed by atoms with Gasteiger partial charge in [-0.15, -0.1) is 0 Å². The van der Waals surface area contributed by atoms with Crippen LogP contribution in [0.5, 0.6) is 5.88 Å². The van der Waals surface area contributed by atoms with Crippen molar-refractivity contribution in [3.63, 3.8) is 0 Å². The quantitative estimate of drug-likeness (QED) is 0.150. The van der Waals surface area contributed by atoms with Gasteiger partial charge in [-0.05, 0) is 55.4 Å². The summed E-state index contributed by atoms with van der Waals surface area (Å²) in [6.45, 7) is 23.9. The summed E-state index contributed by atoms with van der Waals surface area (Å²) in [4.78, 5) is 6.76. The second kappa shape index (κ2) is 14.0. The van der Waals surface area contributed by atoms with Crippen molar-refractivity contribution in [2.24, 2.45) is 0 Å². The molecule has 0 saturated carbocycles. The Hall–Kier alpha value is -2.40. The van der Waals surface area contributed by atoms with Gasteiger partial charge in [0.15, 0.2) is 14.4 Å². The third kappa shape index (κ3) is 7.63. The van der Waals surface area contributed by atoms with E-state index < -0.39 is 28.0 Å². The highest BCUT2D eigenvalue weighted by molar-refractivity contribution is 6.76. The summed E-state index contributed by atoms with van der Waals surface area (Å²) in [6, 6.07) is 7.30. The summed E-state index contributed by atoms with van der Waals surface area (Å²) in [5.41, 5.74) is 2.68. The number of rotatable bonds is 11. The van der Waals surface area contributed by atoms with Crippen LogP contribution in [0.3, 0.4) is 0 Å². The number of hydrogen-bond donors (Lipinski definition) is 0. The van der Waals surface area contributed by atoms with Crippen LogP contribution in [0.25, 0.3) is 22.3 Å². The highest BCUT2D eigenvalue weighted by Gasteiger charge is 2.52. The first-order valence-electron chi connectivity index (χ1n) is 17.5. The number of pyridine rings is 1. The predicted octanol–water partition coefficient (Wildman–Crippen LogP) is 7.37. The van der Waals surface area contributed by atoms with E-state index in [-0.39, 0.29) is 47.4 Å². The minimum absolute atomic E-state index is 0.0651. The largest absolute Gasteiger partial charge is 0.470 e. The Morgan fingerprint density at radius 2 is 1.57 bits per heavy atom. The molecule has 0 bridgehead atoms. The van der Waals surface area contributed by atoms with Gasteiger partial charge in [0.05, 0.1) is 54.8 Å². The maximum atomic E-state index is 15.6. The van der Waals surface area contributed by atoms with Crippen molar-refractivity contribution in [1.82, 2.24) is 9.55 Å². The predicted molar refractivity (Wildman–Crippen MR) is 193 cm³/mol. The minimum Gasteiger partial charge on any atom is -0.470 e. The molecule has 3 aliphatic rings. The Morgan fingerprint density at radius 3 is 2.20 bits per heavy atom. The van der Waals surface area contributed by atoms with Crippen molar-refractivity contribution in [1.29, 1.82) is 0 Å². The Kier molecular flexibility index (Phi) is 10.4. The second-order valence-electron chi connectivity index (χ2n) is 16.3. The summed E-state index contributed by atoms with van der Waals surface area (Å²) in [5, 5.41) is 0.0651. The van der Waals surface area contributed by atoms with Crippen LogP contribution < -0.4 is 9.64 Å². The van der Waals surface area contributed by atoms with Crippen molar-refractivity contribution < 1.29 is 36.9 Å². The topological polar surface area (TPSA) is 76.4 Å². The Morgan fingerprint density at radius 1 is 0.939 bits per heavy atom. The molecular weight excluding hydrogens is 665 g/mol. The van der Waals surface area contributed by atoms with Crippen LogP contribution >= 0.6 is 0 Å². The average molecular weight is 718 g/mol. The number of morpholine rings is 1. The van der Waals surface area contributed by atoms with Gasteiger partial charge in [-0.25, -0.2) is 13.8 Å². The zero-order valence-electron chi connectivity index (χ0n) is 30.5. The fraction of sp³-hybridized carbons (Fsp3) is 0.639. The number of anilines is 1. The van der Waals surface area contributed by atoms with E-state index in [1.165, 1.54) is 12.1 Å². The first-order valence-corrected chi connectivity index (χ1v) is 24.1. The fourth-order valence-corrected chi connectivity index (χ4v) is 8.52. The van der Waals surface area contributed by atoms with Gasteiger partial charge >= 0.3 is 0 Å². The lowest BCUT2D eigenvalue weighted by Crippen LogP contribution is -2.47. The van der Waals surface area contributed by atoms with Crippen molar-refractivity contribution in [2.45, 2.75) is 103 Å². The Balaban J connectivity index is 1.29. The smallest absolute Gasteiger partial charge is 0.201 e. The zero-order valence-corrected chi connectivity index (χ0v) is 32.5. The molecule has 270 valence electrons. The number of aryl methyl sites for hydroxylation is 1. The molecular formula is C36H53F2N3O6Si2. The van der Waals surface area contributed by atoms with Gasteiger partial charge in [-0.1, -0.05) is 40.4 Å². The number of halogens is 2. The van der Waals surface area contributed by atoms with Gasteiger partial charge in [0.1, 0.15) is 30.6 Å². The maximum Gasteiger partial charge on any atom is 0.201 e. The van der Waals surface area contributed by atoms with Gasteiger partial charge in [-0.2, -0.15) is 0 Å². The third-order valence-corrected chi connectivity index (χ3v) is 16.6. The highest BCUT2D eigenvalue weighted by Crippen LogP contribution is 2.42. The molecule has 0 aliphatic carbocycles. The lowest BCUT2D eigenvalue weighted by Gasteiger charge is -2.39. The van der Waals surface area contributed by atoms with E-state index in [1.54, 1.807) is 6.07 Å². The van der Waals surface area contributed by atoms with Crippen LogP contribution in [-0.2, 0) is 30.1 Å². The SMILES string of the molecule is Cc1c(O[C@@H]2CO[C@@H]3C(O[Si](C)(C)C(C)(C)C)CO[C@@H]32)n(COCC[Si](C)(C)C)c2ccc(-c3c(F)cc(N4CCOCC4)cc3F)nc12. The molecule has 1 aromatic carbocycles. The van der Waals surface area contributed by atoms with E-state index in [2.05, 4.69) is 53.5 Å². The first kappa shape index (κ1) is 36.4. The molecule has 3 aromatic rings. The molecule has 0 N–H and O–H groups in total. The highest BCUT2D eigenvalue weighted by atomic mass is 28.4. The molecule has 3 aliphatic heterocycles. The van der Waals surface area contributed by atoms with Gasteiger partial charge in [0.2, 0.25) is 5.88 Å². The monoisotopic (exact) mass is 717 g/mol. The lowest BCUT2D eigenvalue weighted by molar-refractivity contribution is 0.00836. The van der Waals surface area contributed by atoms with Crippen molar-refractivity contribution >= 4 is 33.1 Å². The standard InChI is InChI=1S/C36H53F2N3O6Si2/c1-23-32-28(11-10-27(39-32)31-25(37)18-24(19-26(31)38)40-12-14-42-15-13-40)41(22-43-16-17-48(5,6)7)35(23)46-29-20-44-34-30(21-45-33(29)34)47-49(8,9)36(2,3)4/h10-11,18-19,29-30,33-34H,12-17,20-22H2,1-9H3/t29-,30?,33-,34-/m1/s1. The summed E-state index contributed by atoms with van der Waals surface area (Å²) >= 11 is 0. The van der Waals surface area contributed by atoms with Crippen LogP contribution in [-0.4, -0.2) is 96.5 Å². The average Bonchev–Trinajstić information content (AvgIpc) is 3.68. The summed E-state index contributed by atoms with van der Waals surface area (Å²) in [5.74, 6) is -0.722. The molecule has 0 radical (unpaired) electrons. The fourth-order valence-electron chi connectivity index (χ4n) is 6.45. The van der Waals surface area contributed by atoms with Crippen molar-refractivity contribution in [3.8, 4) is 17.1 Å². The molecule has 1 unspecified atom stereocenters. The van der Waals surface area contributed by atoms with Crippen LogP contribution in [0, 0.1) is 18.6 Å². The van der Waals surface area contributed by atoms with E-state index in [0.717, 1.165) is 17.1 Å². The van der Waals surface area contributed by atoms with Crippen molar-refractivity contribution in [2.75, 3.05) is 51.0 Å². The summed E-state index contributed by atoms with van der Waals surface area (Å²) in [6.07, 6.45) is -1.03. The lowest BCUT2D eigenvalue weighted by atomic mass is 10.1. The number of ether oxygens (including phenoxy) is 5. The molecule has 3 saturated heterocycles. The Bertz CT molecular complexity index is 1630. The molecule has 3 fully saturated rings.